The van der Waals surface area contributed by atoms with Crippen LogP contribution in [0.3, 0.4) is 0 Å². The van der Waals surface area contributed by atoms with Crippen LogP contribution in [-0.2, 0) is 12.0 Å². The summed E-state index contributed by atoms with van der Waals surface area (Å²) in [6, 6.07) is 11.6. The summed E-state index contributed by atoms with van der Waals surface area (Å²) in [4.78, 5) is 3.97. The maximum Gasteiger partial charge on any atom is 0.156 e. The molecule has 33 heavy (non-hydrogen) atoms. The quantitative estimate of drug-likeness (QED) is 0.311. The average Bonchev–Trinajstić information content (AvgIpc) is 3.30. The van der Waals surface area contributed by atoms with Gasteiger partial charge in [-0.1, -0.05) is 56.1 Å². The first-order valence-corrected chi connectivity index (χ1v) is 12.0. The third-order valence-electron chi connectivity index (χ3n) is 5.49. The highest BCUT2D eigenvalue weighted by Crippen LogP contribution is 2.40. The number of alkyl halides is 1. The Morgan fingerprint density at radius 1 is 1.03 bits per heavy atom. The van der Waals surface area contributed by atoms with E-state index in [9.17, 15) is 5.11 Å². The first-order valence-electron chi connectivity index (χ1n) is 10.8. The van der Waals surface area contributed by atoms with Crippen LogP contribution in [0.2, 0.25) is 10.0 Å². The van der Waals surface area contributed by atoms with Crippen LogP contribution in [0.4, 0.5) is 0 Å². The van der Waals surface area contributed by atoms with Gasteiger partial charge in [-0.15, -0.1) is 11.6 Å². The van der Waals surface area contributed by atoms with Gasteiger partial charge >= 0.3 is 0 Å². The number of aromatic nitrogens is 2. The predicted molar refractivity (Wildman–Crippen MR) is 134 cm³/mol. The van der Waals surface area contributed by atoms with Crippen LogP contribution in [0.1, 0.15) is 31.9 Å². The Morgan fingerprint density at radius 2 is 1.70 bits per heavy atom. The zero-order chi connectivity index (χ0) is 24.0. The molecule has 2 unspecified atom stereocenters. The molecule has 3 aromatic rings. The minimum atomic E-state index is -0.632. The number of imidazole rings is 1. The van der Waals surface area contributed by atoms with E-state index >= 15 is 0 Å². The van der Waals surface area contributed by atoms with Gasteiger partial charge in [0.25, 0.3) is 0 Å². The fourth-order valence-electron chi connectivity index (χ4n) is 3.35. The molecule has 3 rings (SSSR count). The molecule has 0 saturated heterocycles. The van der Waals surface area contributed by atoms with E-state index in [0.717, 1.165) is 11.1 Å². The van der Waals surface area contributed by atoms with Crippen LogP contribution in [0.5, 0.6) is 11.5 Å². The molecule has 0 fully saturated rings. The van der Waals surface area contributed by atoms with E-state index in [1.807, 2.05) is 47.9 Å². The fraction of sp³-hybridized carbons (Fsp3) is 0.400. The van der Waals surface area contributed by atoms with E-state index in [0.29, 0.717) is 40.6 Å². The lowest BCUT2D eigenvalue weighted by Gasteiger charge is -2.27. The largest absolute Gasteiger partial charge is 0.491 e. The molecule has 5 nitrogen and oxygen atoms in total. The van der Waals surface area contributed by atoms with Gasteiger partial charge in [0.1, 0.15) is 18.5 Å². The number of aliphatic hydroxyl groups is 1. The summed E-state index contributed by atoms with van der Waals surface area (Å²) < 4.78 is 13.4. The summed E-state index contributed by atoms with van der Waals surface area (Å²) >= 11 is 18.9. The monoisotopic (exact) mass is 510 g/mol. The zero-order valence-corrected chi connectivity index (χ0v) is 21.2. The van der Waals surface area contributed by atoms with Crippen molar-refractivity contribution in [3.05, 3.63) is 76.3 Å². The van der Waals surface area contributed by atoms with Crippen molar-refractivity contribution in [2.75, 3.05) is 19.1 Å². The summed E-state index contributed by atoms with van der Waals surface area (Å²) in [6.45, 7) is 7.28. The molecule has 1 heterocycles. The lowest BCUT2D eigenvalue weighted by molar-refractivity contribution is 0.0924. The normalized spacial score (nSPS) is 13.5. The Hall–Kier alpha value is -1.92. The highest BCUT2D eigenvalue weighted by molar-refractivity contribution is 6.37. The van der Waals surface area contributed by atoms with Gasteiger partial charge in [-0.25, -0.2) is 4.98 Å². The van der Waals surface area contributed by atoms with E-state index in [-0.39, 0.29) is 17.9 Å². The number of hydrogen-bond acceptors (Lipinski definition) is 4. The van der Waals surface area contributed by atoms with Crippen molar-refractivity contribution in [3.8, 4) is 11.5 Å². The van der Waals surface area contributed by atoms with Crippen LogP contribution >= 0.6 is 34.8 Å². The highest BCUT2D eigenvalue weighted by Gasteiger charge is 2.26. The maximum atomic E-state index is 10.2. The van der Waals surface area contributed by atoms with Gasteiger partial charge in [0.05, 0.1) is 29.5 Å². The molecule has 0 aliphatic heterocycles. The van der Waals surface area contributed by atoms with Crippen LogP contribution < -0.4 is 9.47 Å². The molecule has 1 N–H and O–H groups in total. The highest BCUT2D eigenvalue weighted by atomic mass is 35.5. The lowest BCUT2D eigenvalue weighted by Crippen LogP contribution is -2.23. The molecule has 0 spiro atoms. The van der Waals surface area contributed by atoms with Crippen LogP contribution in [0, 0.1) is 5.92 Å². The third kappa shape index (κ3) is 6.80. The van der Waals surface area contributed by atoms with Gasteiger partial charge in [-0.05, 0) is 35.4 Å². The minimum absolute atomic E-state index is 0.190. The van der Waals surface area contributed by atoms with E-state index in [4.69, 9.17) is 44.3 Å². The van der Waals surface area contributed by atoms with Gasteiger partial charge in [0, 0.05) is 29.6 Å². The molecular weight excluding hydrogens is 483 g/mol. The van der Waals surface area contributed by atoms with E-state index in [1.165, 1.54) is 0 Å². The Morgan fingerprint density at radius 3 is 2.27 bits per heavy atom. The molecule has 8 heteroatoms. The minimum Gasteiger partial charge on any atom is -0.491 e. The van der Waals surface area contributed by atoms with Crippen molar-refractivity contribution in [2.24, 2.45) is 5.92 Å². The maximum absolute atomic E-state index is 10.2. The smallest absolute Gasteiger partial charge is 0.156 e. The first-order chi connectivity index (χ1) is 15.7. The fourth-order valence-corrected chi connectivity index (χ4v) is 4.03. The number of ether oxygens (including phenoxy) is 2. The summed E-state index contributed by atoms with van der Waals surface area (Å²) in [7, 11) is 0. The van der Waals surface area contributed by atoms with Crippen molar-refractivity contribution >= 4 is 34.8 Å². The lowest BCUT2D eigenvalue weighted by atomic mass is 9.78. The van der Waals surface area contributed by atoms with Crippen molar-refractivity contribution in [3.63, 3.8) is 0 Å². The molecular formula is C25H29Cl3N2O3. The molecule has 1 aromatic heterocycles. The number of benzene rings is 2. The van der Waals surface area contributed by atoms with E-state index < -0.39 is 6.10 Å². The number of hydrogen-bond donors (Lipinski definition) is 1. The van der Waals surface area contributed by atoms with Gasteiger partial charge < -0.3 is 19.1 Å². The average molecular weight is 512 g/mol. The van der Waals surface area contributed by atoms with Crippen molar-refractivity contribution in [1.29, 1.82) is 0 Å². The van der Waals surface area contributed by atoms with Crippen LogP contribution in [-0.4, -0.2) is 39.9 Å². The molecule has 0 radical (unpaired) electrons. The Bertz CT molecular complexity index is 1000. The molecule has 0 saturated carbocycles. The van der Waals surface area contributed by atoms with Gasteiger partial charge in [0.15, 0.2) is 5.75 Å². The predicted octanol–water partition coefficient (Wildman–Crippen LogP) is 6.21. The van der Waals surface area contributed by atoms with Crippen molar-refractivity contribution in [2.45, 2.75) is 38.8 Å². The second-order valence-corrected chi connectivity index (χ2v) is 9.84. The molecule has 0 bridgehead atoms. The van der Waals surface area contributed by atoms with E-state index in [2.05, 4.69) is 18.8 Å². The van der Waals surface area contributed by atoms with Crippen molar-refractivity contribution < 1.29 is 14.6 Å². The first kappa shape index (κ1) is 25.7. The van der Waals surface area contributed by atoms with Crippen molar-refractivity contribution in [1.82, 2.24) is 9.55 Å². The second kappa shape index (κ2) is 11.5. The Balaban J connectivity index is 1.67. The molecule has 2 atom stereocenters. The third-order valence-corrected chi connectivity index (χ3v) is 6.58. The standard InChI is InChI=1S/C25H29Cl3N2O3/c1-17(12-26)14-33-24-22(27)10-19(11-23(24)28)25(2,3)18-4-6-21(7-5-18)32-15-20(31)13-30-9-8-29-16-30/h4-11,16-17,20,31H,12-15H2,1-3H3. The SMILES string of the molecule is CC(CCl)COc1c(Cl)cc(C(C)(C)c2ccc(OCC(O)Cn3ccnc3)cc2)cc1Cl. The second-order valence-electron chi connectivity index (χ2n) is 8.71. The zero-order valence-electron chi connectivity index (χ0n) is 19.0. The summed E-state index contributed by atoms with van der Waals surface area (Å²) in [5.74, 6) is 1.87. The van der Waals surface area contributed by atoms with Gasteiger partial charge in [-0.3, -0.25) is 0 Å². The molecule has 0 aliphatic carbocycles. The summed E-state index contributed by atoms with van der Waals surface area (Å²) in [5.41, 5.74) is 1.69. The molecule has 0 amide bonds. The number of rotatable bonds is 11. The number of halogens is 3. The molecule has 2 aromatic carbocycles. The molecule has 0 aliphatic rings. The van der Waals surface area contributed by atoms with E-state index in [1.54, 1.807) is 18.7 Å². The van der Waals surface area contributed by atoms with Gasteiger partial charge in [-0.2, -0.15) is 0 Å². The number of aliphatic hydroxyl groups excluding tert-OH is 1. The Labute approximate surface area is 210 Å². The Kier molecular flexibility index (Phi) is 8.94. The van der Waals surface area contributed by atoms with Gasteiger partial charge in [0.2, 0.25) is 0 Å². The van der Waals surface area contributed by atoms with Crippen LogP contribution in [0.15, 0.2) is 55.1 Å². The number of nitrogens with zero attached hydrogens (tertiary/aromatic N) is 2. The summed E-state index contributed by atoms with van der Waals surface area (Å²) in [5, 5.41) is 11.1. The summed E-state index contributed by atoms with van der Waals surface area (Å²) in [6.07, 6.45) is 4.51. The van der Waals surface area contributed by atoms with Crippen LogP contribution in [0.25, 0.3) is 0 Å². The molecule has 178 valence electrons. The topological polar surface area (TPSA) is 56.5 Å².